The van der Waals surface area contributed by atoms with Crippen molar-refractivity contribution in [3.63, 3.8) is 0 Å². The molecular weight excluding hydrogens is 1730 g/mol. The Bertz CT molecular complexity index is 9130. The first-order chi connectivity index (χ1) is 65.6. The van der Waals surface area contributed by atoms with Crippen molar-refractivity contribution < 1.29 is 82.8 Å². The minimum Gasteiger partial charge on any atom is -0.479 e. The SMILES string of the molecule is COC(=O)[C@]1(O)CC2O[C@]1(C)n1c3ccccc3c3c4c(c5c6ccccc6n2c5c31)C(=O)NC4.C[C@]12OC(C[C@@]1(O)C(=O)O)n1c3ccccc3c3c4c(c5c6ccccc6n2c5c31)CNC4=O.C[C@]12OC(C[C@@]1(O)C(N)=O)n1c3ccccc3c3c4c(c5c6ccccc6n2c5c31)CNC4=O.[C-]#[N+][C@]1(O)CC2O[C@]1(C)n1c3ccccc3c3c4c(c5c6ccccc6n2c5c31)C(=O)NC4. The largest absolute Gasteiger partial charge is 0.479 e. The van der Waals surface area contributed by atoms with Crippen LogP contribution in [0.3, 0.4) is 0 Å². The lowest BCUT2D eigenvalue weighted by atomic mass is 9.88. The van der Waals surface area contributed by atoms with Crippen LogP contribution in [0.25, 0.3) is 179 Å². The first-order valence-corrected chi connectivity index (χ1v) is 45.4. The zero-order valence-electron chi connectivity index (χ0n) is 73.2. The van der Waals surface area contributed by atoms with Crippen molar-refractivity contribution in [2.45, 2.75) is 150 Å². The first-order valence-electron chi connectivity index (χ1n) is 45.4. The van der Waals surface area contributed by atoms with Crippen molar-refractivity contribution in [1.82, 2.24) is 57.8 Å². The minimum atomic E-state index is -2.16. The summed E-state index contributed by atoms with van der Waals surface area (Å²) in [6.45, 7) is 16.5. The molecule has 4 saturated heterocycles. The van der Waals surface area contributed by atoms with E-state index in [1.54, 1.807) is 20.8 Å². The van der Waals surface area contributed by atoms with Gasteiger partial charge < -0.3 is 113 Å². The maximum Gasteiger partial charge on any atom is 0.386 e. The Morgan fingerprint density at radius 2 is 0.588 bits per heavy atom. The molecule has 12 aromatic carbocycles. The monoisotopic (exact) mass is 1810 g/mol. The maximum absolute atomic E-state index is 13.2. The number of primary amides is 1. The molecule has 20 aromatic rings. The number of esters is 1. The number of nitrogens with two attached hydrogens (primary N) is 1. The van der Waals surface area contributed by atoms with E-state index >= 15 is 0 Å². The third-order valence-electron chi connectivity index (χ3n) is 32.8. The molecule has 5 amide bonds. The van der Waals surface area contributed by atoms with Gasteiger partial charge in [-0.05, 0) is 98.5 Å². The fourth-order valence-corrected chi connectivity index (χ4v) is 27.0. The molecule has 31 heteroatoms. The fraction of sp³-hybridized carbons (Fsp3) is 0.238. The van der Waals surface area contributed by atoms with Crippen LogP contribution in [0.4, 0.5) is 0 Å². The molecule has 8 aromatic heterocycles. The second kappa shape index (κ2) is 24.9. The van der Waals surface area contributed by atoms with Crippen molar-refractivity contribution in [3.05, 3.63) is 250 Å². The van der Waals surface area contributed by atoms with Gasteiger partial charge in [-0.25, -0.2) is 16.2 Å². The van der Waals surface area contributed by atoms with Crippen LogP contribution in [0.2, 0.25) is 0 Å². The van der Waals surface area contributed by atoms with Crippen molar-refractivity contribution in [2.75, 3.05) is 7.11 Å². The number of amides is 5. The number of carboxylic acids is 1. The summed E-state index contributed by atoms with van der Waals surface area (Å²) < 4.78 is 47.5. The number of para-hydroxylation sites is 8. The molecule has 4 fully saturated rings. The number of carbonyl (C=O) groups is 7. The number of rotatable bonds is 3. The number of methoxy groups -OCH3 is 1. The number of nitrogens with zero attached hydrogens (tertiary/aromatic N) is 9. The summed E-state index contributed by atoms with van der Waals surface area (Å²) >= 11 is 0. The third-order valence-corrected chi connectivity index (χ3v) is 32.8. The molecule has 12 aliphatic rings. The summed E-state index contributed by atoms with van der Waals surface area (Å²) in [5.41, 5.74) is 12.5. The van der Waals surface area contributed by atoms with E-state index < -0.39 is 88.2 Å². The van der Waals surface area contributed by atoms with Gasteiger partial charge in [0.1, 0.15) is 31.3 Å². The van der Waals surface area contributed by atoms with Crippen LogP contribution >= 0.6 is 0 Å². The Labute approximate surface area is 765 Å². The summed E-state index contributed by atoms with van der Waals surface area (Å²) in [5, 5.41) is 84.1. The Hall–Kier alpha value is -15.5. The van der Waals surface area contributed by atoms with Crippen LogP contribution in [-0.4, -0.2) is 133 Å². The number of hydrogen-bond donors (Lipinski definition) is 10. The average molecular weight is 1810 g/mol. The van der Waals surface area contributed by atoms with E-state index in [9.17, 15) is 59.1 Å². The number of hydrogen-bond acceptors (Lipinski definition) is 16. The second-order valence-corrected chi connectivity index (χ2v) is 38.6. The quantitative estimate of drug-likeness (QED) is 0.0580. The summed E-state index contributed by atoms with van der Waals surface area (Å²) in [6, 6.07) is 63.0. The topological polar surface area (TPSA) is 385 Å². The molecule has 0 radical (unpaired) electrons. The molecule has 136 heavy (non-hydrogen) atoms. The molecule has 12 atom stereocenters. The molecule has 8 bridgehead atoms. The van der Waals surface area contributed by atoms with Crippen molar-refractivity contribution in [3.8, 4) is 0 Å². The summed E-state index contributed by atoms with van der Waals surface area (Å²) in [4.78, 5) is 94.9. The average Bonchev–Trinajstić information content (AvgIpc) is 1.52. The number of nitrogens with one attached hydrogen (secondary N) is 4. The van der Waals surface area contributed by atoms with Crippen LogP contribution in [-0.2, 0) is 87.1 Å². The zero-order chi connectivity index (χ0) is 92.4. The van der Waals surface area contributed by atoms with E-state index in [-0.39, 0.29) is 49.3 Å². The van der Waals surface area contributed by atoms with Gasteiger partial charge in [0, 0.05) is 132 Å². The van der Waals surface area contributed by atoms with E-state index in [4.69, 9.17) is 36.0 Å². The molecule has 20 heterocycles. The lowest BCUT2D eigenvalue weighted by Crippen LogP contribution is -2.58. The summed E-state index contributed by atoms with van der Waals surface area (Å²) in [5.74, 6) is -3.23. The van der Waals surface area contributed by atoms with Crippen molar-refractivity contribution >= 4 is 216 Å². The van der Waals surface area contributed by atoms with E-state index in [0.29, 0.717) is 42.9 Å². The number of carbonyl (C=O) groups excluding carboxylic acids is 6. The Morgan fingerprint density at radius 3 is 0.868 bits per heavy atom. The molecule has 11 N–H and O–H groups in total. The molecule has 0 aliphatic carbocycles. The van der Waals surface area contributed by atoms with Crippen molar-refractivity contribution in [2.24, 2.45) is 5.73 Å². The van der Waals surface area contributed by atoms with E-state index in [1.165, 1.54) is 7.11 Å². The molecule has 0 spiro atoms. The summed E-state index contributed by atoms with van der Waals surface area (Å²) in [6.07, 6.45) is -2.52. The van der Waals surface area contributed by atoms with Crippen LogP contribution in [0.5, 0.6) is 0 Å². The molecule has 31 nitrogen and oxygen atoms in total. The molecular formula is C105H78N14O17. The Kier molecular flexibility index (Phi) is 14.3. The number of fused-ring (bicyclic) bond motifs is 52. The molecule has 4 unspecified atom stereocenters. The number of aliphatic hydroxyl groups is 4. The van der Waals surface area contributed by atoms with Crippen LogP contribution in [0, 0.1) is 6.57 Å². The van der Waals surface area contributed by atoms with Gasteiger partial charge in [-0.2, -0.15) is 0 Å². The maximum atomic E-state index is 13.2. The molecule has 670 valence electrons. The standard InChI is InChI=1S/C27H21N3O5.C26H20N4O4.C26H18N4O3.C26H19N3O5/c1-26-27(33,25(32)34-2)11-18(35-26)29-16-9-5-3-7-13(16)20-21-15(12-28-24(21)31)19-14-8-4-6-10-17(14)30(26)23(19)22(20)29;1-25-26(33,24(27)32)10-17(34-25)29-15-8-4-2-6-12(15)19-20-14(11-28-23(20)31)18-13-7-3-5-9-16(13)30(25)22(18)21(19)29;1-25-26(32,27-2)11-18(33-25)29-16-9-5-3-7-13(16)20-21-15(12-28-24(21)31)19-14-8-4-6-10-17(14)30(25)23(19)22(20)29;1-25-26(33,24(31)32)10-17(34-25)28-15-8-4-2-6-12(15)19-20-14(11-27-23(20)30)18-13-7-3-5-9-16(13)29(25)22(18)21(19)28/h3-10,18,33H,11-12H2,1-2H3,(H,28,31);2-9,17,33H,10-11H2,1H3,(H2,27,32)(H,28,31);3-10,18,32H,11-12H2,1H3,(H,28,31);2-9,17,33H,10-11H2,1H3,(H,27,30)(H,31,32)/t18?,26-,27+;17?,25-,26+;18?,25-,26-;17?,25-,26+/m0000/s1. The van der Waals surface area contributed by atoms with Gasteiger partial charge in [-0.1, -0.05) is 146 Å². The fourth-order valence-electron chi connectivity index (χ4n) is 27.0. The summed E-state index contributed by atoms with van der Waals surface area (Å²) in [7, 11) is 1.28. The van der Waals surface area contributed by atoms with Gasteiger partial charge in [0.15, 0.2) is 22.8 Å². The zero-order valence-corrected chi connectivity index (χ0v) is 73.2. The Morgan fingerprint density at radius 1 is 0.353 bits per heavy atom. The highest BCUT2D eigenvalue weighted by molar-refractivity contribution is 6.36. The van der Waals surface area contributed by atoms with Gasteiger partial charge in [0.25, 0.3) is 35.3 Å². The lowest BCUT2D eigenvalue weighted by Gasteiger charge is -2.37. The highest BCUT2D eigenvalue weighted by Crippen LogP contribution is 2.65. The first kappa shape index (κ1) is 78.0. The number of benzene rings is 12. The van der Waals surface area contributed by atoms with Crippen molar-refractivity contribution in [1.29, 1.82) is 0 Å². The Balaban J connectivity index is 0.0000000879. The van der Waals surface area contributed by atoms with Crippen LogP contribution in [0.1, 0.15) is 142 Å². The van der Waals surface area contributed by atoms with E-state index in [0.717, 1.165) is 202 Å². The van der Waals surface area contributed by atoms with E-state index in [2.05, 4.69) is 35.2 Å². The predicted molar refractivity (Wildman–Crippen MR) is 503 cm³/mol. The lowest BCUT2D eigenvalue weighted by molar-refractivity contribution is -0.202. The van der Waals surface area contributed by atoms with Gasteiger partial charge in [0.2, 0.25) is 11.2 Å². The number of aromatic nitrogens is 8. The third kappa shape index (κ3) is 8.47. The van der Waals surface area contributed by atoms with E-state index in [1.807, 2.05) is 228 Å². The second-order valence-electron chi connectivity index (χ2n) is 38.6. The molecule has 0 saturated carbocycles. The van der Waals surface area contributed by atoms with Crippen LogP contribution < -0.4 is 27.0 Å². The number of aliphatic carboxylic acids is 1. The predicted octanol–water partition coefficient (Wildman–Crippen LogP) is 14.5. The van der Waals surface area contributed by atoms with Gasteiger partial charge in [0.05, 0.1) is 118 Å². The number of carboxylic acid groups (broad SMARTS) is 1. The minimum absolute atomic E-state index is 0.00330. The van der Waals surface area contributed by atoms with Gasteiger partial charge in [-0.3, -0.25) is 28.8 Å². The van der Waals surface area contributed by atoms with Crippen LogP contribution in [0.15, 0.2) is 194 Å². The smallest absolute Gasteiger partial charge is 0.386 e. The molecule has 32 rings (SSSR count). The van der Waals surface area contributed by atoms with Gasteiger partial charge >= 0.3 is 17.7 Å². The molecule has 12 aliphatic heterocycles. The highest BCUT2D eigenvalue weighted by Gasteiger charge is 2.71. The number of ether oxygens (including phenoxy) is 5. The van der Waals surface area contributed by atoms with Gasteiger partial charge in [-0.15, -0.1) is 0 Å². The highest BCUT2D eigenvalue weighted by atomic mass is 16.6. The normalized spacial score (nSPS) is 27.2.